The van der Waals surface area contributed by atoms with E-state index in [0.717, 1.165) is 5.56 Å². The average Bonchev–Trinajstić information content (AvgIpc) is 3.22. The van der Waals surface area contributed by atoms with Crippen molar-refractivity contribution < 1.29 is 28.0 Å². The molecule has 2 fully saturated rings. The van der Waals surface area contributed by atoms with E-state index in [0.29, 0.717) is 23.3 Å². The molecule has 0 radical (unpaired) electrons. The number of nitrogens with one attached hydrogen (secondary N) is 2. The number of urea groups is 1. The second-order valence-corrected chi connectivity index (χ2v) is 8.57. The largest absolute Gasteiger partial charge is 0.374 e. The molecule has 3 aliphatic rings. The Hall–Kier alpha value is -3.79. The van der Waals surface area contributed by atoms with E-state index in [2.05, 4.69) is 15.8 Å². The van der Waals surface area contributed by atoms with Crippen LogP contribution in [0.4, 0.5) is 14.9 Å². The molecular formula is C23H19FN4O5. The van der Waals surface area contributed by atoms with E-state index < -0.39 is 41.2 Å². The summed E-state index contributed by atoms with van der Waals surface area (Å²) in [6.07, 6.45) is -0.671. The van der Waals surface area contributed by atoms with Crippen LogP contribution in [0.3, 0.4) is 0 Å². The minimum atomic E-state index is -1.66. The van der Waals surface area contributed by atoms with E-state index in [9.17, 15) is 14.4 Å². The zero-order valence-corrected chi connectivity index (χ0v) is 17.6. The van der Waals surface area contributed by atoms with Gasteiger partial charge in [-0.1, -0.05) is 35.5 Å². The monoisotopic (exact) mass is 450 g/mol. The second-order valence-electron chi connectivity index (χ2n) is 8.57. The summed E-state index contributed by atoms with van der Waals surface area (Å²) < 4.78 is 27.1. The summed E-state index contributed by atoms with van der Waals surface area (Å²) in [4.78, 5) is 39.9. The third-order valence-electron chi connectivity index (χ3n) is 6.82. The molecule has 0 bridgehead atoms. The van der Waals surface area contributed by atoms with Crippen LogP contribution in [0.5, 0.6) is 0 Å². The number of barbiturate groups is 1. The fourth-order valence-electron chi connectivity index (χ4n) is 5.47. The van der Waals surface area contributed by atoms with Gasteiger partial charge < -0.3 is 14.2 Å². The predicted octanol–water partition coefficient (Wildman–Crippen LogP) is 2.14. The van der Waals surface area contributed by atoms with Crippen LogP contribution in [0.1, 0.15) is 12.5 Å². The van der Waals surface area contributed by atoms with Crippen molar-refractivity contribution in [2.75, 3.05) is 18.1 Å². The van der Waals surface area contributed by atoms with Crippen LogP contribution in [0.25, 0.3) is 22.2 Å². The molecule has 9 nitrogen and oxygen atoms in total. The third-order valence-corrected chi connectivity index (χ3v) is 6.82. The summed E-state index contributed by atoms with van der Waals surface area (Å²) in [7, 11) is 0. The molecule has 2 atom stereocenters. The minimum absolute atomic E-state index is 0.00849. The number of nitrogens with zero attached hydrogens (tertiary/aromatic N) is 2. The Morgan fingerprint density at radius 1 is 1.15 bits per heavy atom. The first-order valence-corrected chi connectivity index (χ1v) is 10.6. The van der Waals surface area contributed by atoms with E-state index in [-0.39, 0.29) is 24.2 Å². The number of morpholine rings is 1. The topological polar surface area (TPSA) is 114 Å². The lowest BCUT2D eigenvalue weighted by Crippen LogP contribution is -2.74. The number of imide groups is 2. The number of anilines is 1. The van der Waals surface area contributed by atoms with Crippen molar-refractivity contribution in [2.24, 2.45) is 5.41 Å². The Morgan fingerprint density at radius 2 is 1.88 bits per heavy atom. The lowest BCUT2D eigenvalue weighted by molar-refractivity contribution is -0.151. The molecule has 2 saturated heterocycles. The van der Waals surface area contributed by atoms with Crippen LogP contribution < -0.4 is 15.5 Å². The fourth-order valence-corrected chi connectivity index (χ4v) is 5.47. The minimum Gasteiger partial charge on any atom is -0.374 e. The van der Waals surface area contributed by atoms with E-state index >= 15 is 4.39 Å². The Bertz CT molecular complexity index is 1320. The third kappa shape index (κ3) is 2.61. The van der Waals surface area contributed by atoms with Gasteiger partial charge in [0.25, 0.3) is 0 Å². The molecule has 3 aliphatic heterocycles. The van der Waals surface area contributed by atoms with Crippen LogP contribution in [0.2, 0.25) is 0 Å². The molecular weight excluding hydrogens is 431 g/mol. The highest BCUT2D eigenvalue weighted by Gasteiger charge is 2.62. The number of rotatable bonds is 1. The van der Waals surface area contributed by atoms with Crippen molar-refractivity contribution in [3.05, 3.63) is 47.8 Å². The van der Waals surface area contributed by atoms with Crippen molar-refractivity contribution >= 4 is 34.5 Å². The summed E-state index contributed by atoms with van der Waals surface area (Å²) in [5.41, 5.74) is 0.288. The highest BCUT2D eigenvalue weighted by molar-refractivity contribution is 6.20. The molecule has 6 rings (SSSR count). The molecule has 10 heteroatoms. The predicted molar refractivity (Wildman–Crippen MR) is 114 cm³/mol. The van der Waals surface area contributed by atoms with Crippen LogP contribution in [0.15, 0.2) is 40.9 Å². The number of ether oxygens (including phenoxy) is 1. The van der Waals surface area contributed by atoms with Gasteiger partial charge >= 0.3 is 6.03 Å². The van der Waals surface area contributed by atoms with Crippen molar-refractivity contribution in [1.82, 2.24) is 15.8 Å². The Kier molecular flexibility index (Phi) is 4.12. The number of aromatic nitrogens is 1. The van der Waals surface area contributed by atoms with Crippen LogP contribution >= 0.6 is 0 Å². The first kappa shape index (κ1) is 19.9. The maximum atomic E-state index is 15.9. The van der Waals surface area contributed by atoms with Crippen molar-refractivity contribution in [2.45, 2.75) is 25.5 Å². The van der Waals surface area contributed by atoms with Gasteiger partial charge in [0.05, 0.1) is 29.8 Å². The van der Waals surface area contributed by atoms with Gasteiger partial charge in [0, 0.05) is 18.5 Å². The van der Waals surface area contributed by atoms with Gasteiger partial charge in [-0.3, -0.25) is 20.2 Å². The smallest absolute Gasteiger partial charge is 0.328 e. The molecule has 0 aliphatic carbocycles. The SMILES string of the molecule is C[C@@H]1OCCN2c3c(cc4c(-c5ccccc5)noc4c3F)CC3(C(=O)NC(=O)NC3=O)[C@@H]12. The van der Waals surface area contributed by atoms with Crippen LogP contribution in [0, 0.1) is 11.2 Å². The molecule has 0 unspecified atom stereocenters. The van der Waals surface area contributed by atoms with Crippen molar-refractivity contribution in [1.29, 1.82) is 0 Å². The normalized spacial score (nSPS) is 23.8. The molecule has 4 heterocycles. The van der Waals surface area contributed by atoms with E-state index in [1.165, 1.54) is 0 Å². The highest BCUT2D eigenvalue weighted by atomic mass is 19.1. The summed E-state index contributed by atoms with van der Waals surface area (Å²) in [5, 5.41) is 8.99. The average molecular weight is 450 g/mol. The molecule has 2 N–H and O–H groups in total. The quantitative estimate of drug-likeness (QED) is 0.546. The molecule has 0 saturated carbocycles. The second kappa shape index (κ2) is 6.85. The molecule has 4 amide bonds. The van der Waals surface area contributed by atoms with Gasteiger partial charge in [0.2, 0.25) is 17.4 Å². The Balaban J connectivity index is 1.60. The number of carbonyl (C=O) groups is 3. The number of benzene rings is 2. The van der Waals surface area contributed by atoms with Gasteiger partial charge in [0.15, 0.2) is 11.2 Å². The summed E-state index contributed by atoms with van der Waals surface area (Å²) in [6.45, 7) is 2.29. The molecule has 33 heavy (non-hydrogen) atoms. The number of hydrogen-bond acceptors (Lipinski definition) is 7. The van der Waals surface area contributed by atoms with Crippen LogP contribution in [-0.4, -0.2) is 48.3 Å². The lowest BCUT2D eigenvalue weighted by atomic mass is 9.66. The molecule has 168 valence electrons. The standard InChI is InChI=1S/C23H19FN4O5/c1-11-19-23(20(29)25-22(31)26-21(23)30)10-13-9-14-16(12-5-3-2-4-6-12)27-33-18(14)15(24)17(13)28(19)7-8-32-11/h2-6,9,11,19H,7-8,10H2,1H3,(H2,25,26,29,30,31)/t11-,19+/m0/s1. The Labute approximate surface area is 186 Å². The van der Waals surface area contributed by atoms with Gasteiger partial charge in [-0.15, -0.1) is 0 Å². The molecule has 1 aromatic heterocycles. The Morgan fingerprint density at radius 3 is 2.61 bits per heavy atom. The summed E-state index contributed by atoms with van der Waals surface area (Å²) >= 11 is 0. The maximum Gasteiger partial charge on any atom is 0.328 e. The molecule has 1 spiro atoms. The van der Waals surface area contributed by atoms with Gasteiger partial charge in [0.1, 0.15) is 5.69 Å². The lowest BCUT2D eigenvalue weighted by Gasteiger charge is -2.54. The van der Waals surface area contributed by atoms with E-state index in [4.69, 9.17) is 9.26 Å². The molecule has 3 aromatic rings. The van der Waals surface area contributed by atoms with Gasteiger partial charge in [-0.05, 0) is 18.6 Å². The van der Waals surface area contributed by atoms with E-state index in [1.807, 2.05) is 30.3 Å². The van der Waals surface area contributed by atoms with Crippen LogP contribution in [-0.2, 0) is 20.7 Å². The zero-order chi connectivity index (χ0) is 22.9. The highest BCUT2D eigenvalue weighted by Crippen LogP contribution is 2.49. The number of carbonyl (C=O) groups excluding carboxylic acids is 3. The number of fused-ring (bicyclic) bond motifs is 5. The summed E-state index contributed by atoms with van der Waals surface area (Å²) in [5.74, 6) is -2.04. The van der Waals surface area contributed by atoms with Crippen molar-refractivity contribution in [3.63, 3.8) is 0 Å². The van der Waals surface area contributed by atoms with Gasteiger partial charge in [-0.25, -0.2) is 9.18 Å². The first-order valence-electron chi connectivity index (χ1n) is 10.6. The van der Waals surface area contributed by atoms with Gasteiger partial charge in [-0.2, -0.15) is 0 Å². The summed E-state index contributed by atoms with van der Waals surface area (Å²) in [6, 6.07) is 9.26. The fraction of sp³-hybridized carbons (Fsp3) is 0.304. The first-order chi connectivity index (χ1) is 15.9. The molecule has 2 aromatic carbocycles. The number of halogens is 1. The number of amides is 4. The van der Waals surface area contributed by atoms with Crippen molar-refractivity contribution in [3.8, 4) is 11.3 Å². The zero-order valence-electron chi connectivity index (χ0n) is 17.6. The van der Waals surface area contributed by atoms with E-state index in [1.54, 1.807) is 17.9 Å². The number of hydrogen-bond donors (Lipinski definition) is 2. The maximum absolute atomic E-state index is 15.9.